The number of rotatable bonds is 5. The molecule has 0 saturated heterocycles. The lowest BCUT2D eigenvalue weighted by molar-refractivity contribution is -0.140. The SMILES string of the molecule is CCc1nc(SC(C)CC(=O)OC)cc(=O)[nH]1. The number of hydrogen-bond donors (Lipinski definition) is 1. The van der Waals surface area contributed by atoms with Crippen LogP contribution in [0.3, 0.4) is 0 Å². The second-order valence-corrected chi connectivity index (χ2v) is 5.05. The molecule has 17 heavy (non-hydrogen) atoms. The highest BCUT2D eigenvalue weighted by Crippen LogP contribution is 2.22. The summed E-state index contributed by atoms with van der Waals surface area (Å²) in [5, 5.41) is 0.670. The van der Waals surface area contributed by atoms with Gasteiger partial charge in [0, 0.05) is 17.7 Å². The molecule has 0 bridgehead atoms. The molecule has 0 saturated carbocycles. The molecule has 1 heterocycles. The molecule has 94 valence electrons. The van der Waals surface area contributed by atoms with Gasteiger partial charge in [0.25, 0.3) is 5.56 Å². The number of H-pyrrole nitrogens is 1. The highest BCUT2D eigenvalue weighted by molar-refractivity contribution is 7.99. The molecule has 5 nitrogen and oxygen atoms in total. The number of carbonyl (C=O) groups is 1. The van der Waals surface area contributed by atoms with Crippen molar-refractivity contribution in [1.82, 2.24) is 9.97 Å². The second-order valence-electron chi connectivity index (χ2n) is 3.59. The number of methoxy groups -OCH3 is 1. The number of aromatic amines is 1. The zero-order valence-electron chi connectivity index (χ0n) is 10.1. The molecule has 1 N–H and O–H groups in total. The lowest BCUT2D eigenvalue weighted by Crippen LogP contribution is -2.12. The number of nitrogens with one attached hydrogen (secondary N) is 1. The fraction of sp³-hybridized carbons (Fsp3) is 0.545. The third kappa shape index (κ3) is 4.60. The Labute approximate surface area is 104 Å². The molecule has 0 aromatic carbocycles. The summed E-state index contributed by atoms with van der Waals surface area (Å²) in [6.07, 6.45) is 0.978. The lowest BCUT2D eigenvalue weighted by atomic mass is 10.3. The normalized spacial score (nSPS) is 12.2. The Balaban J connectivity index is 2.70. The van der Waals surface area contributed by atoms with Gasteiger partial charge in [-0.25, -0.2) is 4.98 Å². The van der Waals surface area contributed by atoms with Crippen LogP contribution >= 0.6 is 11.8 Å². The van der Waals surface area contributed by atoms with Gasteiger partial charge in [-0.05, 0) is 0 Å². The van der Waals surface area contributed by atoms with Gasteiger partial charge in [0.15, 0.2) is 0 Å². The van der Waals surface area contributed by atoms with E-state index in [0.717, 1.165) is 0 Å². The van der Waals surface area contributed by atoms with Crippen LogP contribution < -0.4 is 5.56 Å². The number of aryl methyl sites for hydroxylation is 1. The van der Waals surface area contributed by atoms with Gasteiger partial charge in [-0.2, -0.15) is 0 Å². The Hall–Kier alpha value is -1.30. The first-order valence-corrected chi connectivity index (χ1v) is 6.26. The van der Waals surface area contributed by atoms with Crippen molar-refractivity contribution in [2.24, 2.45) is 0 Å². The van der Waals surface area contributed by atoms with Gasteiger partial charge in [0.05, 0.1) is 13.5 Å². The van der Waals surface area contributed by atoms with E-state index < -0.39 is 0 Å². The van der Waals surface area contributed by atoms with Crippen LogP contribution in [0, 0.1) is 0 Å². The fourth-order valence-corrected chi connectivity index (χ4v) is 2.25. The quantitative estimate of drug-likeness (QED) is 0.489. The number of nitrogens with zero attached hydrogens (tertiary/aromatic N) is 1. The van der Waals surface area contributed by atoms with E-state index in [-0.39, 0.29) is 16.8 Å². The third-order valence-electron chi connectivity index (χ3n) is 2.11. The average Bonchev–Trinajstić information content (AvgIpc) is 2.27. The highest BCUT2D eigenvalue weighted by atomic mass is 32.2. The van der Waals surface area contributed by atoms with Gasteiger partial charge in [-0.1, -0.05) is 13.8 Å². The van der Waals surface area contributed by atoms with Crippen molar-refractivity contribution < 1.29 is 9.53 Å². The van der Waals surface area contributed by atoms with Crippen LogP contribution in [0.5, 0.6) is 0 Å². The van der Waals surface area contributed by atoms with E-state index >= 15 is 0 Å². The Bertz CT molecular complexity index is 445. The molecule has 6 heteroatoms. The minimum absolute atomic E-state index is 0.0291. The first-order chi connectivity index (χ1) is 8.05. The maximum absolute atomic E-state index is 11.3. The maximum atomic E-state index is 11.3. The van der Waals surface area contributed by atoms with E-state index in [1.165, 1.54) is 24.9 Å². The van der Waals surface area contributed by atoms with Crippen molar-refractivity contribution >= 4 is 17.7 Å². The second kappa shape index (κ2) is 6.44. The van der Waals surface area contributed by atoms with E-state index in [1.807, 2.05) is 13.8 Å². The molecule has 0 aliphatic heterocycles. The van der Waals surface area contributed by atoms with Crippen molar-refractivity contribution in [1.29, 1.82) is 0 Å². The van der Waals surface area contributed by atoms with E-state index in [2.05, 4.69) is 14.7 Å². The van der Waals surface area contributed by atoms with Crippen molar-refractivity contribution in [2.45, 2.75) is 37.0 Å². The number of thioether (sulfide) groups is 1. The smallest absolute Gasteiger partial charge is 0.306 e. The minimum atomic E-state index is -0.259. The van der Waals surface area contributed by atoms with Gasteiger partial charge in [-0.3, -0.25) is 9.59 Å². The Morgan fingerprint density at radius 3 is 2.94 bits per heavy atom. The Morgan fingerprint density at radius 2 is 2.35 bits per heavy atom. The van der Waals surface area contributed by atoms with E-state index in [1.54, 1.807) is 0 Å². The molecule has 0 fully saturated rings. The fourth-order valence-electron chi connectivity index (χ4n) is 1.28. The molecule has 0 spiro atoms. The van der Waals surface area contributed by atoms with Crippen molar-refractivity contribution in [2.75, 3.05) is 7.11 Å². The zero-order chi connectivity index (χ0) is 12.8. The van der Waals surface area contributed by atoms with E-state index in [9.17, 15) is 9.59 Å². The van der Waals surface area contributed by atoms with E-state index in [0.29, 0.717) is 23.7 Å². The molecule has 0 radical (unpaired) electrons. The summed E-state index contributed by atoms with van der Waals surface area (Å²) in [5.41, 5.74) is -0.162. The Kier molecular flexibility index (Phi) is 5.21. The first kappa shape index (κ1) is 13.8. The number of hydrogen-bond acceptors (Lipinski definition) is 5. The van der Waals surface area contributed by atoms with Crippen molar-refractivity contribution in [3.63, 3.8) is 0 Å². The number of carbonyl (C=O) groups excluding carboxylic acids is 1. The predicted octanol–water partition coefficient (Wildman–Crippen LogP) is 1.38. The van der Waals surface area contributed by atoms with Gasteiger partial charge >= 0.3 is 5.97 Å². The zero-order valence-corrected chi connectivity index (χ0v) is 11.0. The summed E-state index contributed by atoms with van der Waals surface area (Å²) in [5.74, 6) is 0.399. The maximum Gasteiger partial charge on any atom is 0.306 e. The topological polar surface area (TPSA) is 72.0 Å². The van der Waals surface area contributed by atoms with Crippen LogP contribution in [-0.2, 0) is 16.0 Å². The van der Waals surface area contributed by atoms with Crippen LogP contribution in [-0.4, -0.2) is 28.3 Å². The highest BCUT2D eigenvalue weighted by Gasteiger charge is 2.12. The number of esters is 1. The van der Waals surface area contributed by atoms with E-state index in [4.69, 9.17) is 0 Å². The molecule has 1 rings (SSSR count). The first-order valence-electron chi connectivity index (χ1n) is 5.38. The average molecular weight is 256 g/mol. The number of aromatic nitrogens is 2. The van der Waals surface area contributed by atoms with Gasteiger partial charge in [-0.15, -0.1) is 11.8 Å². The lowest BCUT2D eigenvalue weighted by Gasteiger charge is -2.09. The molecule has 1 aromatic heterocycles. The van der Waals surface area contributed by atoms with Crippen LogP contribution in [0.4, 0.5) is 0 Å². The third-order valence-corrected chi connectivity index (χ3v) is 3.13. The summed E-state index contributed by atoms with van der Waals surface area (Å²) in [6, 6.07) is 1.44. The van der Waals surface area contributed by atoms with Crippen LogP contribution in [0.25, 0.3) is 0 Å². The number of ether oxygens (including phenoxy) is 1. The summed E-state index contributed by atoms with van der Waals surface area (Å²) in [7, 11) is 1.36. The molecule has 0 aliphatic rings. The Morgan fingerprint density at radius 1 is 1.65 bits per heavy atom. The van der Waals surface area contributed by atoms with Gasteiger partial charge in [0.2, 0.25) is 0 Å². The van der Waals surface area contributed by atoms with Gasteiger partial charge < -0.3 is 9.72 Å². The molecule has 1 unspecified atom stereocenters. The van der Waals surface area contributed by atoms with Crippen LogP contribution in [0.15, 0.2) is 15.9 Å². The molecule has 0 amide bonds. The van der Waals surface area contributed by atoms with Crippen molar-refractivity contribution in [3.05, 3.63) is 22.2 Å². The minimum Gasteiger partial charge on any atom is -0.469 e. The molecular weight excluding hydrogens is 240 g/mol. The van der Waals surface area contributed by atoms with Gasteiger partial charge in [0.1, 0.15) is 10.9 Å². The summed E-state index contributed by atoms with van der Waals surface area (Å²) < 4.78 is 4.59. The van der Waals surface area contributed by atoms with Crippen LogP contribution in [0.2, 0.25) is 0 Å². The predicted molar refractivity (Wildman–Crippen MR) is 66.2 cm³/mol. The summed E-state index contributed by atoms with van der Waals surface area (Å²) >= 11 is 1.40. The molecular formula is C11H16N2O3S. The van der Waals surface area contributed by atoms with Crippen LogP contribution in [0.1, 0.15) is 26.1 Å². The van der Waals surface area contributed by atoms with Crippen molar-refractivity contribution in [3.8, 4) is 0 Å². The largest absolute Gasteiger partial charge is 0.469 e. The summed E-state index contributed by atoms with van der Waals surface area (Å²) in [4.78, 5) is 29.3. The molecule has 0 aliphatic carbocycles. The summed E-state index contributed by atoms with van der Waals surface area (Å²) in [6.45, 7) is 3.82. The monoisotopic (exact) mass is 256 g/mol. The standard InChI is InChI=1S/C11H16N2O3S/c1-4-8-12-9(14)6-10(13-8)17-7(2)5-11(15)16-3/h6-7H,4-5H2,1-3H3,(H,12,13,14). The molecule has 1 atom stereocenters. The molecule has 1 aromatic rings.